The van der Waals surface area contributed by atoms with Gasteiger partial charge in [-0.2, -0.15) is 0 Å². The lowest BCUT2D eigenvalue weighted by molar-refractivity contribution is 0.200. The summed E-state index contributed by atoms with van der Waals surface area (Å²) < 4.78 is 11.4. The zero-order chi connectivity index (χ0) is 13.7. The molecule has 0 atom stereocenters. The predicted octanol–water partition coefficient (Wildman–Crippen LogP) is 2.89. The van der Waals surface area contributed by atoms with E-state index in [1.54, 1.807) is 7.11 Å². The Labute approximate surface area is 114 Å². The van der Waals surface area contributed by atoms with E-state index >= 15 is 0 Å². The first-order valence-electron chi connectivity index (χ1n) is 6.85. The van der Waals surface area contributed by atoms with Crippen molar-refractivity contribution < 1.29 is 9.47 Å². The second kappa shape index (κ2) is 6.45. The van der Waals surface area contributed by atoms with Crippen LogP contribution < -0.4 is 15.2 Å². The van der Waals surface area contributed by atoms with E-state index in [-0.39, 0.29) is 5.84 Å². The van der Waals surface area contributed by atoms with E-state index in [0.717, 1.165) is 36.3 Å². The van der Waals surface area contributed by atoms with Gasteiger partial charge in [0.1, 0.15) is 0 Å². The first-order chi connectivity index (χ1) is 9.19. The molecule has 0 saturated heterocycles. The number of amidine groups is 1. The van der Waals surface area contributed by atoms with Crippen LogP contribution in [-0.4, -0.2) is 19.0 Å². The molecule has 0 bridgehead atoms. The second-order valence-corrected chi connectivity index (χ2v) is 5.03. The summed E-state index contributed by atoms with van der Waals surface area (Å²) in [5.41, 5.74) is 6.52. The highest BCUT2D eigenvalue weighted by Crippen LogP contribution is 2.32. The molecular weight excluding hydrogens is 240 g/mol. The Morgan fingerprint density at radius 3 is 2.68 bits per heavy atom. The molecule has 2 rings (SSSR count). The molecule has 19 heavy (non-hydrogen) atoms. The predicted molar refractivity (Wildman–Crippen MR) is 76.1 cm³/mol. The molecule has 1 aromatic carbocycles. The van der Waals surface area contributed by atoms with Gasteiger partial charge in [0.25, 0.3) is 0 Å². The van der Waals surface area contributed by atoms with Crippen LogP contribution in [0.5, 0.6) is 11.5 Å². The Morgan fingerprint density at radius 1 is 1.32 bits per heavy atom. The first-order valence-corrected chi connectivity index (χ1v) is 6.85. The van der Waals surface area contributed by atoms with E-state index in [2.05, 4.69) is 0 Å². The third kappa shape index (κ3) is 3.88. The minimum atomic E-state index is 0.217. The third-order valence-corrected chi connectivity index (χ3v) is 3.51. The Balaban J connectivity index is 2.08. The fraction of sp³-hybridized carbons (Fsp3) is 0.533. The van der Waals surface area contributed by atoms with Gasteiger partial charge >= 0.3 is 0 Å². The van der Waals surface area contributed by atoms with Gasteiger partial charge in [-0.05, 0) is 49.8 Å². The third-order valence-electron chi connectivity index (χ3n) is 3.51. The Hall–Kier alpha value is -1.71. The summed E-state index contributed by atoms with van der Waals surface area (Å²) in [6, 6.07) is 5.95. The number of rotatable bonds is 6. The van der Waals surface area contributed by atoms with Crippen molar-refractivity contribution in [1.29, 1.82) is 5.41 Å². The minimum Gasteiger partial charge on any atom is -0.493 e. The molecule has 0 heterocycles. The fourth-order valence-corrected chi connectivity index (χ4v) is 2.43. The zero-order valence-corrected chi connectivity index (χ0v) is 11.4. The second-order valence-electron chi connectivity index (χ2n) is 5.03. The molecule has 1 aliphatic carbocycles. The van der Waals surface area contributed by atoms with Crippen LogP contribution in [-0.2, 0) is 6.42 Å². The van der Waals surface area contributed by atoms with Crippen molar-refractivity contribution in [3.05, 3.63) is 23.8 Å². The number of nitrogens with two attached hydrogens (primary N) is 1. The molecule has 4 heteroatoms. The normalized spacial score (nSPS) is 15.4. The van der Waals surface area contributed by atoms with E-state index in [4.69, 9.17) is 20.6 Å². The maximum Gasteiger partial charge on any atom is 0.161 e. The summed E-state index contributed by atoms with van der Waals surface area (Å²) in [5, 5.41) is 7.28. The highest BCUT2D eigenvalue weighted by atomic mass is 16.5. The Morgan fingerprint density at radius 2 is 2.05 bits per heavy atom. The lowest BCUT2D eigenvalue weighted by Gasteiger charge is -2.16. The number of ether oxygens (including phenoxy) is 2. The van der Waals surface area contributed by atoms with Crippen molar-refractivity contribution in [2.75, 3.05) is 7.11 Å². The van der Waals surface area contributed by atoms with Crippen LogP contribution in [0.3, 0.4) is 0 Å². The summed E-state index contributed by atoms with van der Waals surface area (Å²) in [7, 11) is 1.66. The molecule has 104 valence electrons. The average Bonchev–Trinajstić information content (AvgIpc) is 2.89. The van der Waals surface area contributed by atoms with Crippen LogP contribution in [0, 0.1) is 5.41 Å². The van der Waals surface area contributed by atoms with Gasteiger partial charge in [0.15, 0.2) is 11.5 Å². The molecule has 0 aliphatic heterocycles. The number of benzene rings is 1. The standard InChI is InChI=1S/C15H22N2O2/c1-18-13-8-6-11(7-9-15(16)17)10-14(13)19-12-4-2-3-5-12/h6,8,10,12H,2-5,7,9H2,1H3,(H3,16,17). The monoisotopic (exact) mass is 262 g/mol. The molecule has 1 saturated carbocycles. The number of methoxy groups -OCH3 is 1. The topological polar surface area (TPSA) is 68.3 Å². The summed E-state index contributed by atoms with van der Waals surface area (Å²) in [6.07, 6.45) is 6.41. The van der Waals surface area contributed by atoms with Gasteiger partial charge in [-0.1, -0.05) is 6.07 Å². The van der Waals surface area contributed by atoms with Crippen LogP contribution >= 0.6 is 0 Å². The Bertz CT molecular complexity index is 440. The average molecular weight is 262 g/mol. The van der Waals surface area contributed by atoms with Crippen LogP contribution in [0.25, 0.3) is 0 Å². The molecule has 0 aromatic heterocycles. The first kappa shape index (κ1) is 13.7. The molecule has 1 fully saturated rings. The van der Waals surface area contributed by atoms with Gasteiger partial charge in [-0.15, -0.1) is 0 Å². The molecule has 1 aliphatic rings. The van der Waals surface area contributed by atoms with Crippen molar-refractivity contribution >= 4 is 5.84 Å². The molecule has 3 N–H and O–H groups in total. The zero-order valence-electron chi connectivity index (χ0n) is 11.4. The summed E-state index contributed by atoms with van der Waals surface area (Å²) in [5.74, 6) is 1.81. The molecular formula is C15H22N2O2. The van der Waals surface area contributed by atoms with Crippen molar-refractivity contribution in [1.82, 2.24) is 0 Å². The summed E-state index contributed by atoms with van der Waals surface area (Å²) in [6.45, 7) is 0. The number of nitrogens with one attached hydrogen (secondary N) is 1. The summed E-state index contributed by atoms with van der Waals surface area (Å²) in [4.78, 5) is 0. The van der Waals surface area contributed by atoms with Gasteiger partial charge in [0.05, 0.1) is 19.0 Å². The van der Waals surface area contributed by atoms with Crippen LogP contribution in [0.4, 0.5) is 0 Å². The fourth-order valence-electron chi connectivity index (χ4n) is 2.43. The lowest BCUT2D eigenvalue weighted by Crippen LogP contribution is -2.12. The van der Waals surface area contributed by atoms with Crippen molar-refractivity contribution in [2.45, 2.75) is 44.6 Å². The smallest absolute Gasteiger partial charge is 0.161 e. The molecule has 1 aromatic rings. The number of hydrogen-bond donors (Lipinski definition) is 2. The highest BCUT2D eigenvalue weighted by Gasteiger charge is 2.18. The van der Waals surface area contributed by atoms with E-state index in [9.17, 15) is 0 Å². The van der Waals surface area contributed by atoms with E-state index in [1.165, 1.54) is 12.8 Å². The SMILES string of the molecule is COc1ccc(CCC(=N)N)cc1OC1CCCC1. The van der Waals surface area contributed by atoms with Crippen LogP contribution in [0.15, 0.2) is 18.2 Å². The van der Waals surface area contributed by atoms with Crippen molar-refractivity contribution in [3.8, 4) is 11.5 Å². The minimum absolute atomic E-state index is 0.217. The van der Waals surface area contributed by atoms with Gasteiger partial charge in [0.2, 0.25) is 0 Å². The van der Waals surface area contributed by atoms with Gasteiger partial charge in [-0.25, -0.2) is 0 Å². The quantitative estimate of drug-likeness (QED) is 0.612. The summed E-state index contributed by atoms with van der Waals surface area (Å²) >= 11 is 0. The molecule has 0 radical (unpaired) electrons. The lowest BCUT2D eigenvalue weighted by atomic mass is 10.1. The van der Waals surface area contributed by atoms with Gasteiger partial charge in [-0.3, -0.25) is 5.41 Å². The largest absolute Gasteiger partial charge is 0.493 e. The number of aryl methyl sites for hydroxylation is 1. The van der Waals surface area contributed by atoms with Crippen LogP contribution in [0.1, 0.15) is 37.7 Å². The highest BCUT2D eigenvalue weighted by molar-refractivity contribution is 5.77. The molecule has 0 spiro atoms. The van der Waals surface area contributed by atoms with Crippen LogP contribution in [0.2, 0.25) is 0 Å². The maximum absolute atomic E-state index is 7.28. The maximum atomic E-state index is 7.28. The van der Waals surface area contributed by atoms with Crippen molar-refractivity contribution in [3.63, 3.8) is 0 Å². The Kier molecular flexibility index (Phi) is 4.66. The molecule has 0 unspecified atom stereocenters. The number of hydrogen-bond acceptors (Lipinski definition) is 3. The van der Waals surface area contributed by atoms with Crippen molar-refractivity contribution in [2.24, 2.45) is 5.73 Å². The van der Waals surface area contributed by atoms with E-state index in [0.29, 0.717) is 12.5 Å². The molecule has 0 amide bonds. The van der Waals surface area contributed by atoms with E-state index in [1.807, 2.05) is 18.2 Å². The van der Waals surface area contributed by atoms with Gasteiger partial charge in [0, 0.05) is 6.42 Å². The van der Waals surface area contributed by atoms with Gasteiger partial charge < -0.3 is 15.2 Å². The van der Waals surface area contributed by atoms with E-state index < -0.39 is 0 Å². The molecule has 4 nitrogen and oxygen atoms in total.